The van der Waals surface area contributed by atoms with Crippen LogP contribution in [0.5, 0.6) is 11.5 Å². The lowest BCUT2D eigenvalue weighted by Gasteiger charge is -2.38. The summed E-state index contributed by atoms with van der Waals surface area (Å²) in [5.74, 6) is 1.68. The molecular weight excluding hydrogens is 352 g/mol. The molecule has 0 saturated carbocycles. The van der Waals surface area contributed by atoms with Crippen LogP contribution in [-0.2, 0) is 0 Å². The van der Waals surface area contributed by atoms with E-state index < -0.39 is 6.23 Å². The minimum Gasteiger partial charge on any atom is -0.508 e. The van der Waals surface area contributed by atoms with Crippen molar-refractivity contribution in [1.29, 1.82) is 0 Å². The molecule has 2 aliphatic rings. The summed E-state index contributed by atoms with van der Waals surface area (Å²) < 4.78 is 11.8. The van der Waals surface area contributed by atoms with Crippen LogP contribution in [0.3, 0.4) is 0 Å². The zero-order valence-corrected chi connectivity index (χ0v) is 14.4. The van der Waals surface area contributed by atoms with Crippen molar-refractivity contribution < 1.29 is 14.3 Å². The van der Waals surface area contributed by atoms with Gasteiger partial charge in [0, 0.05) is 22.6 Å². The molecule has 0 amide bonds. The van der Waals surface area contributed by atoms with Crippen LogP contribution in [0.1, 0.15) is 35.6 Å². The number of hydrogen-bond donors (Lipinski definition) is 1. The monoisotopic (exact) mass is 366 g/mol. The Morgan fingerprint density at radius 2 is 1.96 bits per heavy atom. The Hall–Kier alpha value is -2.92. The first-order valence-electron chi connectivity index (χ1n) is 8.34. The summed E-state index contributed by atoms with van der Waals surface area (Å²) in [5.41, 5.74) is 2.61. The summed E-state index contributed by atoms with van der Waals surface area (Å²) in [6.45, 7) is 0. The molecule has 5 rings (SSSR count). The van der Waals surface area contributed by atoms with Gasteiger partial charge in [-0.2, -0.15) is 5.10 Å². The molecule has 3 aromatic rings. The fourth-order valence-corrected chi connectivity index (χ4v) is 3.76. The number of phenolic OH excluding ortho intramolecular Hbond substituents is 1. The third-order valence-electron chi connectivity index (χ3n) is 4.75. The van der Waals surface area contributed by atoms with Gasteiger partial charge in [0.15, 0.2) is 0 Å². The Bertz CT molecular complexity index is 1000. The highest BCUT2D eigenvalue weighted by molar-refractivity contribution is 6.31. The minimum absolute atomic E-state index is 0.0171. The van der Waals surface area contributed by atoms with Crippen molar-refractivity contribution in [2.45, 2.75) is 18.7 Å². The number of ether oxygens (including phenoxy) is 1. The quantitative estimate of drug-likeness (QED) is 0.702. The molecule has 0 saturated heterocycles. The van der Waals surface area contributed by atoms with Gasteiger partial charge < -0.3 is 14.3 Å². The summed E-state index contributed by atoms with van der Waals surface area (Å²) in [4.78, 5) is 0. The summed E-state index contributed by atoms with van der Waals surface area (Å²) >= 11 is 6.40. The van der Waals surface area contributed by atoms with E-state index in [0.717, 1.165) is 22.8 Å². The fraction of sp³-hybridized carbons (Fsp3) is 0.150. The average Bonchev–Trinajstić information content (AvgIpc) is 3.32. The maximum absolute atomic E-state index is 9.92. The lowest BCUT2D eigenvalue weighted by Crippen LogP contribution is -2.33. The summed E-state index contributed by atoms with van der Waals surface area (Å²) in [6.07, 6.45) is 1.83. The van der Waals surface area contributed by atoms with Crippen molar-refractivity contribution in [2.75, 3.05) is 0 Å². The number of fused-ring (bicyclic) bond motifs is 3. The highest BCUT2D eigenvalue weighted by Crippen LogP contribution is 2.48. The number of para-hydroxylation sites is 1. The molecule has 130 valence electrons. The van der Waals surface area contributed by atoms with E-state index in [1.807, 2.05) is 41.4 Å². The number of aromatic hydroxyl groups is 1. The predicted molar refractivity (Wildman–Crippen MR) is 97.4 cm³/mol. The number of hydrazone groups is 1. The molecule has 0 radical (unpaired) electrons. The van der Waals surface area contributed by atoms with Crippen LogP contribution in [0.2, 0.25) is 5.02 Å². The number of furan rings is 1. The van der Waals surface area contributed by atoms with E-state index in [2.05, 4.69) is 0 Å². The van der Waals surface area contributed by atoms with Gasteiger partial charge in [-0.15, -0.1) is 0 Å². The standard InChI is InChI=1S/C20H15ClN2O3/c21-15-8-7-12(24)10-14(15)20-23-17(13-4-1-2-5-18(13)26-20)11-16(22-23)19-6-3-9-25-19/h1-10,17,20,24H,11H2/t17-,20+/m0/s1. The second-order valence-electron chi connectivity index (χ2n) is 6.34. The van der Waals surface area contributed by atoms with Gasteiger partial charge in [0.25, 0.3) is 0 Å². The molecular formula is C20H15ClN2O3. The second-order valence-corrected chi connectivity index (χ2v) is 6.74. The molecule has 1 N–H and O–H groups in total. The molecule has 2 aliphatic heterocycles. The van der Waals surface area contributed by atoms with E-state index in [0.29, 0.717) is 17.0 Å². The van der Waals surface area contributed by atoms with Gasteiger partial charge in [-0.25, -0.2) is 5.01 Å². The molecule has 26 heavy (non-hydrogen) atoms. The topological polar surface area (TPSA) is 58.2 Å². The van der Waals surface area contributed by atoms with Crippen molar-refractivity contribution >= 4 is 17.3 Å². The summed E-state index contributed by atoms with van der Waals surface area (Å²) in [7, 11) is 0. The summed E-state index contributed by atoms with van der Waals surface area (Å²) in [6, 6.07) is 16.5. The molecule has 0 aliphatic carbocycles. The van der Waals surface area contributed by atoms with E-state index in [1.54, 1.807) is 24.5 Å². The number of nitrogens with zero attached hydrogens (tertiary/aromatic N) is 2. The van der Waals surface area contributed by atoms with Crippen molar-refractivity contribution in [1.82, 2.24) is 5.01 Å². The molecule has 0 unspecified atom stereocenters. The van der Waals surface area contributed by atoms with Crippen LogP contribution in [0, 0.1) is 0 Å². The SMILES string of the molecule is Oc1ccc(Cl)c([C@H]2Oc3ccccc3[C@@H]3CC(c4ccco4)=NN23)c1. The van der Waals surface area contributed by atoms with Crippen LogP contribution in [0.4, 0.5) is 0 Å². The molecule has 1 aromatic heterocycles. The zero-order valence-electron chi connectivity index (χ0n) is 13.7. The molecule has 6 heteroatoms. The van der Waals surface area contributed by atoms with Crippen molar-refractivity contribution in [2.24, 2.45) is 5.10 Å². The largest absolute Gasteiger partial charge is 0.508 e. The highest BCUT2D eigenvalue weighted by atomic mass is 35.5. The Kier molecular flexibility index (Phi) is 3.43. The summed E-state index contributed by atoms with van der Waals surface area (Å²) in [5, 5.41) is 17.1. The first kappa shape index (κ1) is 15.3. The smallest absolute Gasteiger partial charge is 0.215 e. The van der Waals surface area contributed by atoms with Crippen molar-refractivity contribution in [3.63, 3.8) is 0 Å². The predicted octanol–water partition coefficient (Wildman–Crippen LogP) is 4.88. The lowest BCUT2D eigenvalue weighted by atomic mass is 9.97. The van der Waals surface area contributed by atoms with Crippen LogP contribution >= 0.6 is 11.6 Å². The zero-order chi connectivity index (χ0) is 17.7. The fourth-order valence-electron chi connectivity index (χ4n) is 3.55. The minimum atomic E-state index is -0.526. The third kappa shape index (κ3) is 2.35. The first-order chi connectivity index (χ1) is 12.7. The molecule has 3 heterocycles. The van der Waals surface area contributed by atoms with E-state index in [9.17, 15) is 5.11 Å². The van der Waals surface area contributed by atoms with Gasteiger partial charge in [0.05, 0.1) is 12.3 Å². The van der Waals surface area contributed by atoms with Gasteiger partial charge in [0.2, 0.25) is 6.23 Å². The third-order valence-corrected chi connectivity index (χ3v) is 5.09. The van der Waals surface area contributed by atoms with Crippen molar-refractivity contribution in [3.8, 4) is 11.5 Å². The molecule has 0 bridgehead atoms. The Morgan fingerprint density at radius 3 is 2.81 bits per heavy atom. The van der Waals surface area contributed by atoms with E-state index in [1.165, 1.54) is 0 Å². The van der Waals surface area contributed by atoms with Gasteiger partial charge in [-0.3, -0.25) is 0 Å². The van der Waals surface area contributed by atoms with E-state index in [-0.39, 0.29) is 11.8 Å². The molecule has 2 aromatic carbocycles. The van der Waals surface area contributed by atoms with Crippen LogP contribution in [0.25, 0.3) is 0 Å². The number of hydrogen-bond acceptors (Lipinski definition) is 5. The van der Waals surface area contributed by atoms with Crippen molar-refractivity contribution in [3.05, 3.63) is 82.8 Å². The molecule has 0 spiro atoms. The molecule has 5 nitrogen and oxygen atoms in total. The molecule has 2 atom stereocenters. The van der Waals surface area contributed by atoms with Gasteiger partial charge in [0.1, 0.15) is 23.0 Å². The first-order valence-corrected chi connectivity index (χ1v) is 8.72. The maximum Gasteiger partial charge on any atom is 0.215 e. The second kappa shape index (κ2) is 5.81. The van der Waals surface area contributed by atoms with Gasteiger partial charge in [-0.1, -0.05) is 29.8 Å². The Balaban J connectivity index is 1.64. The highest BCUT2D eigenvalue weighted by Gasteiger charge is 2.42. The number of halogens is 1. The normalized spacial score (nSPS) is 21.0. The van der Waals surface area contributed by atoms with Crippen LogP contribution < -0.4 is 4.74 Å². The number of rotatable bonds is 2. The number of phenols is 1. The lowest BCUT2D eigenvalue weighted by molar-refractivity contribution is -0.0190. The maximum atomic E-state index is 9.92. The van der Waals surface area contributed by atoms with Gasteiger partial charge in [-0.05, 0) is 36.4 Å². The van der Waals surface area contributed by atoms with E-state index >= 15 is 0 Å². The Labute approximate surface area is 155 Å². The number of benzene rings is 2. The van der Waals surface area contributed by atoms with Crippen LogP contribution in [-0.4, -0.2) is 15.8 Å². The molecule has 0 fully saturated rings. The average molecular weight is 367 g/mol. The van der Waals surface area contributed by atoms with Gasteiger partial charge >= 0.3 is 0 Å². The van der Waals surface area contributed by atoms with Crippen LogP contribution in [0.15, 0.2) is 70.4 Å². The Morgan fingerprint density at radius 1 is 1.08 bits per heavy atom. The van der Waals surface area contributed by atoms with E-state index in [4.69, 9.17) is 25.9 Å².